The van der Waals surface area contributed by atoms with Gasteiger partial charge < -0.3 is 14.2 Å². The van der Waals surface area contributed by atoms with Gasteiger partial charge in [-0.2, -0.15) is 10.2 Å². The molecule has 6 nitrogen and oxygen atoms in total. The second-order valence-corrected chi connectivity index (χ2v) is 4.97. The standard InChI is InChI=1S/C19H20N2O4/c1-3-19(22)25-14-4-13-24-18-11-7-16(8-12-18)21-20-15-5-9-17(23-2)10-6-15/h3,5-12H,1,4,13-14H2,2H3. The molecule has 0 saturated heterocycles. The van der Waals surface area contributed by atoms with Crippen LogP contribution in [-0.4, -0.2) is 26.3 Å². The van der Waals surface area contributed by atoms with Gasteiger partial charge in [0.1, 0.15) is 11.5 Å². The number of carbonyl (C=O) groups is 1. The second kappa shape index (κ2) is 9.87. The molecule has 0 aliphatic heterocycles. The Morgan fingerprint density at radius 1 is 0.960 bits per heavy atom. The predicted molar refractivity (Wildman–Crippen MR) is 94.9 cm³/mol. The minimum Gasteiger partial charge on any atom is -0.497 e. The van der Waals surface area contributed by atoms with E-state index in [1.165, 1.54) is 0 Å². The van der Waals surface area contributed by atoms with Crippen LogP contribution in [0, 0.1) is 0 Å². The molecule has 0 spiro atoms. The first-order chi connectivity index (χ1) is 12.2. The Morgan fingerprint density at radius 2 is 1.52 bits per heavy atom. The van der Waals surface area contributed by atoms with Crippen molar-refractivity contribution in [2.45, 2.75) is 6.42 Å². The van der Waals surface area contributed by atoms with E-state index < -0.39 is 5.97 Å². The summed E-state index contributed by atoms with van der Waals surface area (Å²) < 4.78 is 15.5. The lowest BCUT2D eigenvalue weighted by molar-refractivity contribution is -0.137. The Morgan fingerprint density at radius 3 is 2.04 bits per heavy atom. The highest BCUT2D eigenvalue weighted by Crippen LogP contribution is 2.22. The van der Waals surface area contributed by atoms with Gasteiger partial charge in [0, 0.05) is 12.5 Å². The van der Waals surface area contributed by atoms with Crippen LogP contribution < -0.4 is 9.47 Å². The highest BCUT2D eigenvalue weighted by atomic mass is 16.5. The molecule has 0 aliphatic carbocycles. The quantitative estimate of drug-likeness (QED) is 0.289. The second-order valence-electron chi connectivity index (χ2n) is 4.97. The molecule has 130 valence electrons. The number of hydrogen-bond donors (Lipinski definition) is 0. The zero-order valence-electron chi connectivity index (χ0n) is 14.1. The Hall–Kier alpha value is -3.15. The Kier molecular flexibility index (Phi) is 7.18. The zero-order valence-corrected chi connectivity index (χ0v) is 14.1. The van der Waals surface area contributed by atoms with Crippen molar-refractivity contribution in [3.63, 3.8) is 0 Å². The summed E-state index contributed by atoms with van der Waals surface area (Å²) in [4.78, 5) is 10.9. The van der Waals surface area contributed by atoms with Crippen LogP contribution in [-0.2, 0) is 9.53 Å². The molecule has 6 heteroatoms. The van der Waals surface area contributed by atoms with E-state index in [0.29, 0.717) is 19.6 Å². The van der Waals surface area contributed by atoms with Crippen LogP contribution in [0.3, 0.4) is 0 Å². The average molecular weight is 340 g/mol. The molecule has 0 N–H and O–H groups in total. The summed E-state index contributed by atoms with van der Waals surface area (Å²) in [7, 11) is 1.62. The molecule has 0 saturated carbocycles. The van der Waals surface area contributed by atoms with Gasteiger partial charge in [0.05, 0.1) is 31.7 Å². The van der Waals surface area contributed by atoms with Gasteiger partial charge in [-0.25, -0.2) is 4.79 Å². The molecule has 25 heavy (non-hydrogen) atoms. The molecule has 0 amide bonds. The number of ether oxygens (including phenoxy) is 3. The van der Waals surface area contributed by atoms with E-state index in [-0.39, 0.29) is 0 Å². The molecule has 0 unspecified atom stereocenters. The van der Waals surface area contributed by atoms with Gasteiger partial charge in [0.25, 0.3) is 0 Å². The van der Waals surface area contributed by atoms with E-state index in [0.717, 1.165) is 28.9 Å². The van der Waals surface area contributed by atoms with Crippen molar-refractivity contribution in [1.82, 2.24) is 0 Å². The first-order valence-corrected chi connectivity index (χ1v) is 7.79. The highest BCUT2D eigenvalue weighted by Gasteiger charge is 1.98. The number of rotatable bonds is 9. The van der Waals surface area contributed by atoms with Crippen LogP contribution in [0.4, 0.5) is 11.4 Å². The fourth-order valence-corrected chi connectivity index (χ4v) is 1.85. The van der Waals surface area contributed by atoms with E-state index in [2.05, 4.69) is 16.8 Å². The maximum Gasteiger partial charge on any atom is 0.330 e. The summed E-state index contributed by atoms with van der Waals surface area (Å²) in [5.41, 5.74) is 1.47. The van der Waals surface area contributed by atoms with Gasteiger partial charge in [-0.15, -0.1) is 0 Å². The molecule has 0 atom stereocenters. The molecule has 0 fully saturated rings. The normalized spacial score (nSPS) is 10.4. The third-order valence-corrected chi connectivity index (χ3v) is 3.16. The van der Waals surface area contributed by atoms with Crippen molar-refractivity contribution in [1.29, 1.82) is 0 Å². The van der Waals surface area contributed by atoms with Crippen LogP contribution in [0.2, 0.25) is 0 Å². The van der Waals surface area contributed by atoms with E-state index >= 15 is 0 Å². The van der Waals surface area contributed by atoms with E-state index in [9.17, 15) is 4.79 Å². The molecule has 0 aliphatic rings. The summed E-state index contributed by atoms with van der Waals surface area (Å²) in [5, 5.41) is 8.34. The van der Waals surface area contributed by atoms with Gasteiger partial charge in [-0.05, 0) is 48.5 Å². The molecule has 0 aromatic heterocycles. The molecular formula is C19H20N2O4. The van der Waals surface area contributed by atoms with Crippen LogP contribution in [0.25, 0.3) is 0 Å². The highest BCUT2D eigenvalue weighted by molar-refractivity contribution is 5.81. The summed E-state index contributed by atoms with van der Waals surface area (Å²) in [6.07, 6.45) is 1.75. The van der Waals surface area contributed by atoms with Crippen molar-refractivity contribution < 1.29 is 19.0 Å². The number of carbonyl (C=O) groups excluding carboxylic acids is 1. The largest absolute Gasteiger partial charge is 0.497 e. The minimum absolute atomic E-state index is 0.305. The first-order valence-electron chi connectivity index (χ1n) is 7.79. The lowest BCUT2D eigenvalue weighted by Gasteiger charge is -2.06. The smallest absolute Gasteiger partial charge is 0.330 e. The predicted octanol–water partition coefficient (Wildman–Crippen LogP) is 4.61. The van der Waals surface area contributed by atoms with Crippen molar-refractivity contribution in [3.8, 4) is 11.5 Å². The van der Waals surface area contributed by atoms with Gasteiger partial charge in [-0.3, -0.25) is 0 Å². The fourth-order valence-electron chi connectivity index (χ4n) is 1.85. The number of methoxy groups -OCH3 is 1. The summed E-state index contributed by atoms with van der Waals surface area (Å²) in [6, 6.07) is 14.6. The Labute approximate surface area is 146 Å². The van der Waals surface area contributed by atoms with E-state index in [1.54, 1.807) is 7.11 Å². The maximum atomic E-state index is 10.9. The third-order valence-electron chi connectivity index (χ3n) is 3.16. The lowest BCUT2D eigenvalue weighted by Crippen LogP contribution is -2.06. The van der Waals surface area contributed by atoms with Crippen molar-refractivity contribution in [2.24, 2.45) is 10.2 Å². The monoisotopic (exact) mass is 340 g/mol. The van der Waals surface area contributed by atoms with Crippen LogP contribution >= 0.6 is 0 Å². The fraction of sp³-hybridized carbons (Fsp3) is 0.211. The summed E-state index contributed by atoms with van der Waals surface area (Å²) in [5.74, 6) is 1.07. The topological polar surface area (TPSA) is 69.5 Å². The Bertz CT molecular complexity index is 709. The molecule has 2 aromatic carbocycles. The third kappa shape index (κ3) is 6.47. The van der Waals surface area contributed by atoms with Gasteiger partial charge in [0.15, 0.2) is 0 Å². The average Bonchev–Trinajstić information content (AvgIpc) is 2.67. The molecular weight excluding hydrogens is 320 g/mol. The van der Waals surface area contributed by atoms with Crippen LogP contribution in [0.5, 0.6) is 11.5 Å². The van der Waals surface area contributed by atoms with Gasteiger partial charge in [-0.1, -0.05) is 6.58 Å². The first kappa shape index (κ1) is 18.2. The SMILES string of the molecule is C=CC(=O)OCCCOc1ccc(N=Nc2ccc(OC)cc2)cc1. The van der Waals surface area contributed by atoms with Crippen LogP contribution in [0.15, 0.2) is 71.4 Å². The molecule has 0 bridgehead atoms. The summed E-state index contributed by atoms with van der Waals surface area (Å²) >= 11 is 0. The minimum atomic E-state index is -0.424. The van der Waals surface area contributed by atoms with Gasteiger partial charge in [0.2, 0.25) is 0 Å². The lowest BCUT2D eigenvalue weighted by atomic mass is 10.3. The zero-order chi connectivity index (χ0) is 17.9. The van der Waals surface area contributed by atoms with Crippen molar-refractivity contribution >= 4 is 17.3 Å². The molecule has 0 heterocycles. The van der Waals surface area contributed by atoms with Crippen molar-refractivity contribution in [2.75, 3.05) is 20.3 Å². The van der Waals surface area contributed by atoms with Crippen molar-refractivity contribution in [3.05, 3.63) is 61.2 Å². The molecule has 2 aromatic rings. The van der Waals surface area contributed by atoms with E-state index in [4.69, 9.17) is 14.2 Å². The Balaban J connectivity index is 1.77. The number of benzene rings is 2. The molecule has 0 radical (unpaired) electrons. The van der Waals surface area contributed by atoms with E-state index in [1.807, 2.05) is 48.5 Å². The number of azo groups is 1. The molecule has 2 rings (SSSR count). The number of esters is 1. The van der Waals surface area contributed by atoms with Crippen LogP contribution in [0.1, 0.15) is 6.42 Å². The maximum absolute atomic E-state index is 10.9. The van der Waals surface area contributed by atoms with Gasteiger partial charge >= 0.3 is 5.97 Å². The summed E-state index contributed by atoms with van der Waals surface area (Å²) in [6.45, 7) is 4.09. The number of nitrogens with zero attached hydrogens (tertiary/aromatic N) is 2. The number of hydrogen-bond acceptors (Lipinski definition) is 6.